The Hall–Kier alpha value is 0. The molecule has 0 nitrogen and oxygen atoms in total. The lowest BCUT2D eigenvalue weighted by molar-refractivity contribution is 0.255. The summed E-state index contributed by atoms with van der Waals surface area (Å²) in [5.74, 6) is 1.78. The van der Waals surface area contributed by atoms with Crippen molar-refractivity contribution in [2.24, 2.45) is 17.3 Å². The van der Waals surface area contributed by atoms with Crippen LogP contribution in [0.1, 0.15) is 66.2 Å². The van der Waals surface area contributed by atoms with Crippen LogP contribution in [0.2, 0.25) is 0 Å². The summed E-state index contributed by atoms with van der Waals surface area (Å²) in [6.07, 6.45) is 8.83. The van der Waals surface area contributed by atoms with Gasteiger partial charge in [-0.15, -0.1) is 0 Å². The third-order valence-electron chi connectivity index (χ3n) is 4.15. The van der Waals surface area contributed by atoms with Gasteiger partial charge in [0.1, 0.15) is 0 Å². The van der Waals surface area contributed by atoms with E-state index in [1.807, 2.05) is 0 Å². The van der Waals surface area contributed by atoms with Crippen molar-refractivity contribution in [1.29, 1.82) is 0 Å². The molecule has 1 unspecified atom stereocenters. The van der Waals surface area contributed by atoms with Gasteiger partial charge in [0.25, 0.3) is 0 Å². The van der Waals surface area contributed by atoms with Crippen molar-refractivity contribution in [2.45, 2.75) is 66.2 Å². The maximum Gasteiger partial charge on any atom is -0.0326 e. The van der Waals surface area contributed by atoms with E-state index in [0.717, 1.165) is 11.8 Å². The second-order valence-corrected chi connectivity index (χ2v) is 5.78. The highest BCUT2D eigenvalue weighted by atomic mass is 14.3. The van der Waals surface area contributed by atoms with Crippen LogP contribution in [0.3, 0.4) is 0 Å². The normalized spacial score (nSPS) is 23.8. The van der Waals surface area contributed by atoms with E-state index in [1.54, 1.807) is 0 Å². The molecule has 0 aromatic heterocycles. The van der Waals surface area contributed by atoms with E-state index in [4.69, 9.17) is 0 Å². The van der Waals surface area contributed by atoms with Crippen LogP contribution in [0, 0.1) is 17.3 Å². The Morgan fingerprint density at radius 2 is 1.62 bits per heavy atom. The van der Waals surface area contributed by atoms with Crippen molar-refractivity contribution >= 4 is 0 Å². The quantitative estimate of drug-likeness (QED) is 0.594. The van der Waals surface area contributed by atoms with Crippen molar-refractivity contribution in [2.75, 3.05) is 0 Å². The standard InChI is InChI=1S/C13H26/c1-11(2)12(3)7-10-13(4)8-5-6-9-13/h11-12H,5-10H2,1-4H3. The Kier molecular flexibility index (Phi) is 3.82. The van der Waals surface area contributed by atoms with Crippen molar-refractivity contribution in [3.8, 4) is 0 Å². The van der Waals surface area contributed by atoms with Crippen LogP contribution < -0.4 is 0 Å². The van der Waals surface area contributed by atoms with Gasteiger partial charge in [-0.05, 0) is 42.9 Å². The van der Waals surface area contributed by atoms with E-state index in [0.29, 0.717) is 5.41 Å². The van der Waals surface area contributed by atoms with Crippen LogP contribution >= 0.6 is 0 Å². The van der Waals surface area contributed by atoms with E-state index >= 15 is 0 Å². The summed E-state index contributed by atoms with van der Waals surface area (Å²) in [6.45, 7) is 9.60. The Morgan fingerprint density at radius 3 is 2.08 bits per heavy atom. The number of hydrogen-bond acceptors (Lipinski definition) is 0. The Labute approximate surface area is 84.1 Å². The summed E-state index contributed by atoms with van der Waals surface area (Å²) >= 11 is 0. The fourth-order valence-corrected chi connectivity index (χ4v) is 2.39. The molecule has 1 rings (SSSR count). The second kappa shape index (κ2) is 4.48. The van der Waals surface area contributed by atoms with Crippen LogP contribution in [0.15, 0.2) is 0 Å². The van der Waals surface area contributed by atoms with E-state index in [-0.39, 0.29) is 0 Å². The van der Waals surface area contributed by atoms with E-state index in [9.17, 15) is 0 Å². The van der Waals surface area contributed by atoms with Crippen LogP contribution in [0.5, 0.6) is 0 Å². The SMILES string of the molecule is CC(C)C(C)CCC1(C)CCCC1. The van der Waals surface area contributed by atoms with Gasteiger partial charge in [0.2, 0.25) is 0 Å². The summed E-state index contributed by atoms with van der Waals surface area (Å²) in [5, 5.41) is 0. The van der Waals surface area contributed by atoms with Crippen molar-refractivity contribution in [3.63, 3.8) is 0 Å². The number of rotatable bonds is 4. The van der Waals surface area contributed by atoms with E-state index < -0.39 is 0 Å². The third kappa shape index (κ3) is 3.32. The molecule has 1 fully saturated rings. The fourth-order valence-electron chi connectivity index (χ4n) is 2.39. The number of hydrogen-bond donors (Lipinski definition) is 0. The van der Waals surface area contributed by atoms with Gasteiger partial charge in [-0.1, -0.05) is 40.5 Å². The largest absolute Gasteiger partial charge is 0.0625 e. The highest BCUT2D eigenvalue weighted by Gasteiger charge is 2.28. The molecule has 0 radical (unpaired) electrons. The molecule has 0 aliphatic heterocycles. The smallest absolute Gasteiger partial charge is 0.0326 e. The van der Waals surface area contributed by atoms with Crippen LogP contribution in [0.25, 0.3) is 0 Å². The van der Waals surface area contributed by atoms with Crippen LogP contribution in [-0.4, -0.2) is 0 Å². The van der Waals surface area contributed by atoms with Gasteiger partial charge in [-0.3, -0.25) is 0 Å². The highest BCUT2D eigenvalue weighted by Crippen LogP contribution is 2.42. The molecule has 1 aliphatic rings. The van der Waals surface area contributed by atoms with Gasteiger partial charge in [-0.2, -0.15) is 0 Å². The lowest BCUT2D eigenvalue weighted by Crippen LogP contribution is -2.14. The second-order valence-electron chi connectivity index (χ2n) is 5.78. The van der Waals surface area contributed by atoms with Gasteiger partial charge < -0.3 is 0 Å². The first-order chi connectivity index (χ1) is 6.03. The Bertz CT molecular complexity index is 140. The van der Waals surface area contributed by atoms with E-state index in [1.165, 1.54) is 38.5 Å². The lowest BCUT2D eigenvalue weighted by Gasteiger charge is -2.26. The van der Waals surface area contributed by atoms with Gasteiger partial charge in [-0.25, -0.2) is 0 Å². The first-order valence-electron chi connectivity index (χ1n) is 6.03. The molecule has 1 saturated carbocycles. The molecule has 0 aromatic carbocycles. The first-order valence-corrected chi connectivity index (χ1v) is 6.03. The molecule has 0 heterocycles. The minimum absolute atomic E-state index is 0.711. The summed E-state index contributed by atoms with van der Waals surface area (Å²) in [4.78, 5) is 0. The molecular formula is C13H26. The monoisotopic (exact) mass is 182 g/mol. The molecule has 0 heteroatoms. The fraction of sp³-hybridized carbons (Fsp3) is 1.00. The van der Waals surface area contributed by atoms with Crippen LogP contribution in [0.4, 0.5) is 0 Å². The van der Waals surface area contributed by atoms with E-state index in [2.05, 4.69) is 27.7 Å². The summed E-state index contributed by atoms with van der Waals surface area (Å²) < 4.78 is 0. The molecule has 13 heavy (non-hydrogen) atoms. The summed E-state index contributed by atoms with van der Waals surface area (Å²) in [6, 6.07) is 0. The first kappa shape index (κ1) is 11.1. The molecule has 0 amide bonds. The Morgan fingerprint density at radius 1 is 1.08 bits per heavy atom. The van der Waals surface area contributed by atoms with Gasteiger partial charge in [0.15, 0.2) is 0 Å². The van der Waals surface area contributed by atoms with Crippen molar-refractivity contribution < 1.29 is 0 Å². The third-order valence-corrected chi connectivity index (χ3v) is 4.15. The molecule has 0 saturated heterocycles. The van der Waals surface area contributed by atoms with Gasteiger partial charge in [0, 0.05) is 0 Å². The Balaban J connectivity index is 2.24. The molecule has 1 aliphatic carbocycles. The minimum Gasteiger partial charge on any atom is -0.0625 e. The summed E-state index contributed by atoms with van der Waals surface area (Å²) in [7, 11) is 0. The molecular weight excluding hydrogens is 156 g/mol. The molecule has 1 atom stereocenters. The molecule has 0 bridgehead atoms. The van der Waals surface area contributed by atoms with Gasteiger partial charge in [0.05, 0.1) is 0 Å². The predicted octanol–water partition coefficient (Wildman–Crippen LogP) is 4.64. The summed E-state index contributed by atoms with van der Waals surface area (Å²) in [5.41, 5.74) is 0.711. The van der Waals surface area contributed by atoms with Crippen molar-refractivity contribution in [3.05, 3.63) is 0 Å². The zero-order valence-corrected chi connectivity index (χ0v) is 9.90. The highest BCUT2D eigenvalue weighted by molar-refractivity contribution is 4.80. The predicted molar refractivity (Wildman–Crippen MR) is 59.8 cm³/mol. The molecule has 0 spiro atoms. The average Bonchev–Trinajstić information content (AvgIpc) is 2.48. The van der Waals surface area contributed by atoms with Crippen LogP contribution in [-0.2, 0) is 0 Å². The molecule has 0 aromatic rings. The molecule has 0 N–H and O–H groups in total. The topological polar surface area (TPSA) is 0 Å². The average molecular weight is 182 g/mol. The maximum absolute atomic E-state index is 2.49. The lowest BCUT2D eigenvalue weighted by atomic mass is 9.80. The zero-order valence-electron chi connectivity index (χ0n) is 9.90. The molecule has 78 valence electrons. The van der Waals surface area contributed by atoms with Gasteiger partial charge >= 0.3 is 0 Å². The maximum atomic E-state index is 2.49. The minimum atomic E-state index is 0.711. The van der Waals surface area contributed by atoms with Crippen molar-refractivity contribution in [1.82, 2.24) is 0 Å². The zero-order chi connectivity index (χ0) is 9.90.